The van der Waals surface area contributed by atoms with Crippen molar-refractivity contribution in [3.05, 3.63) is 77.7 Å². The molecule has 0 nitrogen and oxygen atoms in total. The van der Waals surface area contributed by atoms with Crippen molar-refractivity contribution in [2.24, 2.45) is 0 Å². The van der Waals surface area contributed by atoms with E-state index in [2.05, 4.69) is 60.0 Å². The van der Waals surface area contributed by atoms with Gasteiger partial charge in [-0.1, -0.05) is 66.4 Å². The van der Waals surface area contributed by atoms with Gasteiger partial charge in [0.05, 0.1) is 0 Å². The third-order valence-electron chi connectivity index (χ3n) is 2.24. The van der Waals surface area contributed by atoms with Crippen LogP contribution in [0.25, 0.3) is 0 Å². The third kappa shape index (κ3) is 3.59. The van der Waals surface area contributed by atoms with Crippen molar-refractivity contribution in [1.29, 1.82) is 0 Å². The van der Waals surface area contributed by atoms with Crippen LogP contribution in [-0.4, -0.2) is 0 Å². The first-order valence-corrected chi connectivity index (χ1v) is 6.24. The molecule has 0 saturated heterocycles. The van der Waals surface area contributed by atoms with Crippen LogP contribution in [0.5, 0.6) is 0 Å². The van der Waals surface area contributed by atoms with E-state index in [1.807, 2.05) is 12.1 Å². The summed E-state index contributed by atoms with van der Waals surface area (Å²) in [6, 6.07) is 20.9. The first kappa shape index (κ1) is 11.0. The van der Waals surface area contributed by atoms with Gasteiger partial charge in [-0.15, -0.1) is 0 Å². The Bertz CT molecular complexity index is 388. The molecule has 0 unspecified atom stereocenters. The Hall–Kier alpha value is -1.47. The van der Waals surface area contributed by atoms with Crippen LogP contribution in [0.3, 0.4) is 0 Å². The predicted octanol–water partition coefficient (Wildman–Crippen LogP) is 4.54. The molecule has 2 aromatic carbocycles. The molecule has 0 N–H and O–H groups in total. The summed E-state index contributed by atoms with van der Waals surface area (Å²) in [6.45, 7) is 0. The van der Waals surface area contributed by atoms with E-state index in [-0.39, 0.29) is 0 Å². The van der Waals surface area contributed by atoms with Crippen molar-refractivity contribution >= 4 is 11.8 Å². The summed E-state index contributed by atoms with van der Waals surface area (Å²) in [5.74, 6) is 0. The molecule has 0 saturated carbocycles. The van der Waals surface area contributed by atoms with Gasteiger partial charge in [-0.25, -0.2) is 0 Å². The Kier molecular flexibility index (Phi) is 4.26. The molecule has 0 aliphatic rings. The highest BCUT2D eigenvalue weighted by Crippen LogP contribution is 2.18. The zero-order valence-electron chi connectivity index (χ0n) is 9.04. The Labute approximate surface area is 101 Å². The number of thioether (sulfide) groups is 1. The van der Waals surface area contributed by atoms with Crippen LogP contribution in [0.1, 0.15) is 5.56 Å². The van der Waals surface area contributed by atoms with Gasteiger partial charge in [-0.3, -0.25) is 0 Å². The number of hydrogen-bond donors (Lipinski definition) is 0. The minimum atomic E-state index is 1.00. The summed E-state index contributed by atoms with van der Waals surface area (Å²) in [4.78, 5) is 1.28. The molecule has 16 heavy (non-hydrogen) atoms. The molecule has 0 fully saturated rings. The average molecular weight is 226 g/mol. The van der Waals surface area contributed by atoms with E-state index in [9.17, 15) is 0 Å². The summed E-state index contributed by atoms with van der Waals surface area (Å²) in [5.41, 5.74) is 1.35. The molecule has 0 radical (unpaired) electrons. The lowest BCUT2D eigenvalue weighted by molar-refractivity contribution is 1.28. The highest BCUT2D eigenvalue weighted by Gasteiger charge is 1.88. The molecule has 0 aliphatic carbocycles. The maximum absolute atomic E-state index is 2.20. The van der Waals surface area contributed by atoms with Crippen LogP contribution in [0.4, 0.5) is 0 Å². The SMILES string of the molecule is C(=C/Sc1ccccc1)/Cc1ccccc1. The maximum atomic E-state index is 2.20. The quantitative estimate of drug-likeness (QED) is 0.690. The van der Waals surface area contributed by atoms with Crippen molar-refractivity contribution in [3.8, 4) is 0 Å². The van der Waals surface area contributed by atoms with Crippen LogP contribution in [0.15, 0.2) is 77.0 Å². The van der Waals surface area contributed by atoms with Gasteiger partial charge in [0.15, 0.2) is 0 Å². The molecule has 2 rings (SSSR count). The van der Waals surface area contributed by atoms with E-state index >= 15 is 0 Å². The van der Waals surface area contributed by atoms with Crippen molar-refractivity contribution in [2.45, 2.75) is 11.3 Å². The lowest BCUT2D eigenvalue weighted by Gasteiger charge is -1.95. The molecule has 1 heteroatoms. The Morgan fingerprint density at radius 1 is 0.812 bits per heavy atom. The van der Waals surface area contributed by atoms with E-state index in [0.717, 1.165) is 6.42 Å². The van der Waals surface area contributed by atoms with Gasteiger partial charge >= 0.3 is 0 Å². The third-order valence-corrected chi connectivity index (χ3v) is 3.11. The number of rotatable bonds is 4. The van der Waals surface area contributed by atoms with Crippen molar-refractivity contribution in [3.63, 3.8) is 0 Å². The van der Waals surface area contributed by atoms with Crippen LogP contribution in [0.2, 0.25) is 0 Å². The molecular formula is C15H14S. The highest BCUT2D eigenvalue weighted by atomic mass is 32.2. The molecule has 0 aromatic heterocycles. The smallest absolute Gasteiger partial charge is 0.0116 e. The monoisotopic (exact) mass is 226 g/mol. The standard InChI is InChI=1S/C15H14S/c1-3-8-14(9-4-1)10-7-13-16-15-11-5-2-6-12-15/h1-9,11-13H,10H2/b13-7-. The van der Waals surface area contributed by atoms with E-state index in [0.29, 0.717) is 0 Å². The Morgan fingerprint density at radius 2 is 1.44 bits per heavy atom. The summed E-state index contributed by atoms with van der Waals surface area (Å²) in [6.07, 6.45) is 3.20. The fourth-order valence-corrected chi connectivity index (χ4v) is 2.09. The molecular weight excluding hydrogens is 212 g/mol. The second-order valence-electron chi connectivity index (χ2n) is 3.49. The van der Waals surface area contributed by atoms with E-state index < -0.39 is 0 Å². The predicted molar refractivity (Wildman–Crippen MR) is 71.6 cm³/mol. The molecule has 0 heterocycles. The first-order chi connectivity index (χ1) is 7.95. The molecule has 0 aliphatic heterocycles. The second-order valence-corrected chi connectivity index (χ2v) is 4.47. The van der Waals surface area contributed by atoms with Crippen LogP contribution in [-0.2, 0) is 6.42 Å². The first-order valence-electron chi connectivity index (χ1n) is 5.36. The van der Waals surface area contributed by atoms with Gasteiger partial charge in [0, 0.05) is 4.90 Å². The zero-order chi connectivity index (χ0) is 11.1. The van der Waals surface area contributed by atoms with Crippen molar-refractivity contribution in [2.75, 3.05) is 0 Å². The van der Waals surface area contributed by atoms with Gasteiger partial charge in [0.25, 0.3) is 0 Å². The number of hydrogen-bond acceptors (Lipinski definition) is 1. The van der Waals surface area contributed by atoms with Gasteiger partial charge in [0.1, 0.15) is 0 Å². The zero-order valence-corrected chi connectivity index (χ0v) is 9.86. The lowest BCUT2D eigenvalue weighted by Crippen LogP contribution is -1.77. The summed E-state index contributed by atoms with van der Waals surface area (Å²) < 4.78 is 0. The fourth-order valence-electron chi connectivity index (χ4n) is 1.42. The Balaban J connectivity index is 1.83. The topological polar surface area (TPSA) is 0 Å². The molecule has 0 bridgehead atoms. The van der Waals surface area contributed by atoms with Crippen LogP contribution < -0.4 is 0 Å². The van der Waals surface area contributed by atoms with Crippen LogP contribution in [0, 0.1) is 0 Å². The molecule has 2 aromatic rings. The van der Waals surface area contributed by atoms with Gasteiger partial charge in [0.2, 0.25) is 0 Å². The van der Waals surface area contributed by atoms with E-state index in [1.54, 1.807) is 11.8 Å². The molecule has 0 atom stereocenters. The van der Waals surface area contributed by atoms with Crippen molar-refractivity contribution in [1.82, 2.24) is 0 Å². The largest absolute Gasteiger partial charge is 0.0984 e. The van der Waals surface area contributed by atoms with Crippen LogP contribution >= 0.6 is 11.8 Å². The van der Waals surface area contributed by atoms with Gasteiger partial charge in [-0.2, -0.15) is 0 Å². The maximum Gasteiger partial charge on any atom is 0.0116 e. The van der Waals surface area contributed by atoms with Crippen molar-refractivity contribution < 1.29 is 0 Å². The number of allylic oxidation sites excluding steroid dienone is 1. The highest BCUT2D eigenvalue weighted by molar-refractivity contribution is 8.02. The lowest BCUT2D eigenvalue weighted by atomic mass is 10.2. The normalized spacial score (nSPS) is 10.8. The van der Waals surface area contributed by atoms with Gasteiger partial charge < -0.3 is 0 Å². The van der Waals surface area contributed by atoms with E-state index in [4.69, 9.17) is 0 Å². The fraction of sp³-hybridized carbons (Fsp3) is 0.0667. The summed E-state index contributed by atoms with van der Waals surface area (Å²) >= 11 is 1.76. The Morgan fingerprint density at radius 3 is 2.12 bits per heavy atom. The average Bonchev–Trinajstić information content (AvgIpc) is 2.37. The molecule has 80 valence electrons. The second kappa shape index (κ2) is 6.19. The molecule has 0 amide bonds. The molecule has 0 spiro atoms. The minimum absolute atomic E-state index is 1.00. The van der Waals surface area contributed by atoms with E-state index in [1.165, 1.54) is 10.5 Å². The minimum Gasteiger partial charge on any atom is -0.0984 e. The number of benzene rings is 2. The van der Waals surface area contributed by atoms with Gasteiger partial charge in [-0.05, 0) is 29.5 Å². The summed E-state index contributed by atoms with van der Waals surface area (Å²) in [7, 11) is 0. The summed E-state index contributed by atoms with van der Waals surface area (Å²) in [5, 5.41) is 2.16.